The number of hydrogen-bond donors (Lipinski definition) is 2. The fraction of sp³-hybridized carbons (Fsp3) is 0.727. The summed E-state index contributed by atoms with van der Waals surface area (Å²) in [6.07, 6.45) is 6.47. The number of amides is 1. The number of carbonyl (C=O) groups is 1. The van der Waals surface area contributed by atoms with Crippen molar-refractivity contribution in [3.63, 3.8) is 0 Å². The van der Waals surface area contributed by atoms with Gasteiger partial charge in [-0.3, -0.25) is 9.48 Å². The maximum absolute atomic E-state index is 11.8. The SMILES string of the molecule is O=C(NCCCn1ccnn1)[C@H]1CCCNC1. The number of nitrogens with one attached hydrogen (secondary N) is 2. The summed E-state index contributed by atoms with van der Waals surface area (Å²) in [5.74, 6) is 0.325. The molecule has 0 saturated carbocycles. The van der Waals surface area contributed by atoms with Crippen molar-refractivity contribution < 1.29 is 4.79 Å². The fourth-order valence-electron chi connectivity index (χ4n) is 2.02. The van der Waals surface area contributed by atoms with Crippen molar-refractivity contribution in [3.8, 4) is 0 Å². The van der Waals surface area contributed by atoms with Crippen molar-refractivity contribution in [1.29, 1.82) is 0 Å². The lowest BCUT2D eigenvalue weighted by molar-refractivity contribution is -0.125. The number of nitrogens with zero attached hydrogens (tertiary/aromatic N) is 3. The van der Waals surface area contributed by atoms with E-state index in [4.69, 9.17) is 0 Å². The summed E-state index contributed by atoms with van der Waals surface area (Å²) in [6, 6.07) is 0. The van der Waals surface area contributed by atoms with E-state index < -0.39 is 0 Å². The van der Waals surface area contributed by atoms with E-state index in [2.05, 4.69) is 20.9 Å². The normalized spacial score (nSPS) is 20.1. The zero-order chi connectivity index (χ0) is 11.9. The van der Waals surface area contributed by atoms with Crippen LogP contribution in [0.4, 0.5) is 0 Å². The molecule has 2 heterocycles. The lowest BCUT2D eigenvalue weighted by atomic mass is 9.99. The van der Waals surface area contributed by atoms with Crippen LogP contribution in [0.25, 0.3) is 0 Å². The Labute approximate surface area is 101 Å². The summed E-state index contributed by atoms with van der Waals surface area (Å²) in [7, 11) is 0. The summed E-state index contributed by atoms with van der Waals surface area (Å²) < 4.78 is 1.77. The van der Waals surface area contributed by atoms with Crippen LogP contribution in [0.2, 0.25) is 0 Å². The molecule has 0 unspecified atom stereocenters. The van der Waals surface area contributed by atoms with Crippen molar-refractivity contribution in [2.24, 2.45) is 5.92 Å². The zero-order valence-corrected chi connectivity index (χ0v) is 9.93. The van der Waals surface area contributed by atoms with Gasteiger partial charge < -0.3 is 10.6 Å². The molecule has 6 nitrogen and oxygen atoms in total. The number of piperidine rings is 1. The molecule has 1 aliphatic rings. The molecule has 0 aliphatic carbocycles. The largest absolute Gasteiger partial charge is 0.356 e. The molecule has 2 N–H and O–H groups in total. The number of rotatable bonds is 5. The molecule has 1 aromatic rings. The predicted octanol–water partition coefficient (Wildman–Crippen LogP) is -0.216. The van der Waals surface area contributed by atoms with Crippen LogP contribution in [-0.4, -0.2) is 40.5 Å². The molecule has 6 heteroatoms. The summed E-state index contributed by atoms with van der Waals surface area (Å²) in [5, 5.41) is 13.8. The second kappa shape index (κ2) is 6.34. The van der Waals surface area contributed by atoms with E-state index >= 15 is 0 Å². The Bertz CT molecular complexity index is 332. The molecule has 1 fully saturated rings. The van der Waals surface area contributed by atoms with Gasteiger partial charge in [-0.05, 0) is 25.8 Å². The van der Waals surface area contributed by atoms with Crippen LogP contribution in [0.5, 0.6) is 0 Å². The summed E-state index contributed by atoms with van der Waals surface area (Å²) >= 11 is 0. The number of aromatic nitrogens is 3. The Hall–Kier alpha value is -1.43. The maximum Gasteiger partial charge on any atom is 0.224 e. The fourth-order valence-corrected chi connectivity index (χ4v) is 2.02. The molecule has 1 amide bonds. The van der Waals surface area contributed by atoms with E-state index in [-0.39, 0.29) is 11.8 Å². The van der Waals surface area contributed by atoms with E-state index in [0.717, 1.165) is 38.9 Å². The minimum absolute atomic E-state index is 0.148. The van der Waals surface area contributed by atoms with Crippen LogP contribution in [0.1, 0.15) is 19.3 Å². The van der Waals surface area contributed by atoms with Gasteiger partial charge in [0.1, 0.15) is 0 Å². The zero-order valence-electron chi connectivity index (χ0n) is 9.93. The Kier molecular flexibility index (Phi) is 4.49. The predicted molar refractivity (Wildman–Crippen MR) is 63.2 cm³/mol. The molecule has 94 valence electrons. The highest BCUT2D eigenvalue weighted by atomic mass is 16.1. The molecule has 1 aliphatic heterocycles. The lowest BCUT2D eigenvalue weighted by Crippen LogP contribution is -2.40. The van der Waals surface area contributed by atoms with Crippen molar-refractivity contribution in [2.75, 3.05) is 19.6 Å². The third kappa shape index (κ3) is 3.81. The molecule has 2 rings (SSSR count). The van der Waals surface area contributed by atoms with Gasteiger partial charge in [-0.1, -0.05) is 5.21 Å². The minimum Gasteiger partial charge on any atom is -0.356 e. The van der Waals surface area contributed by atoms with Crippen LogP contribution in [-0.2, 0) is 11.3 Å². The van der Waals surface area contributed by atoms with Gasteiger partial charge in [0.15, 0.2) is 0 Å². The molecule has 0 spiro atoms. The van der Waals surface area contributed by atoms with Gasteiger partial charge in [-0.15, -0.1) is 5.10 Å². The van der Waals surface area contributed by atoms with Gasteiger partial charge in [-0.25, -0.2) is 0 Å². The summed E-state index contributed by atoms with van der Waals surface area (Å²) in [5.41, 5.74) is 0. The molecule has 1 saturated heterocycles. The Morgan fingerprint density at radius 3 is 3.24 bits per heavy atom. The van der Waals surface area contributed by atoms with E-state index in [1.165, 1.54) is 0 Å². The van der Waals surface area contributed by atoms with E-state index in [1.807, 2.05) is 6.20 Å². The molecule has 0 radical (unpaired) electrons. The van der Waals surface area contributed by atoms with Gasteiger partial charge in [0, 0.05) is 25.8 Å². The average Bonchev–Trinajstić information content (AvgIpc) is 2.88. The second-order valence-corrected chi connectivity index (χ2v) is 4.35. The molecule has 1 aromatic heterocycles. The van der Waals surface area contributed by atoms with Crippen molar-refractivity contribution in [1.82, 2.24) is 25.6 Å². The lowest BCUT2D eigenvalue weighted by Gasteiger charge is -2.21. The molecule has 0 aromatic carbocycles. The highest BCUT2D eigenvalue weighted by Gasteiger charge is 2.19. The average molecular weight is 237 g/mol. The van der Waals surface area contributed by atoms with Gasteiger partial charge >= 0.3 is 0 Å². The smallest absolute Gasteiger partial charge is 0.224 e. The Balaban J connectivity index is 1.59. The minimum atomic E-state index is 0.148. The van der Waals surface area contributed by atoms with Crippen LogP contribution in [0, 0.1) is 5.92 Å². The van der Waals surface area contributed by atoms with E-state index in [9.17, 15) is 4.79 Å². The first-order valence-corrected chi connectivity index (χ1v) is 6.19. The van der Waals surface area contributed by atoms with Crippen LogP contribution < -0.4 is 10.6 Å². The number of hydrogen-bond acceptors (Lipinski definition) is 4. The standard InChI is InChI=1S/C11H19N5O/c17-11(10-3-1-4-12-9-10)13-5-2-7-16-8-6-14-15-16/h6,8,10,12H,1-5,7,9H2,(H,13,17)/t10-/m0/s1. The molecule has 0 bridgehead atoms. The second-order valence-electron chi connectivity index (χ2n) is 4.35. The third-order valence-corrected chi connectivity index (χ3v) is 3.00. The first kappa shape index (κ1) is 12.0. The highest BCUT2D eigenvalue weighted by molar-refractivity contribution is 5.78. The van der Waals surface area contributed by atoms with Gasteiger partial charge in [0.2, 0.25) is 5.91 Å². The summed E-state index contributed by atoms with van der Waals surface area (Å²) in [6.45, 7) is 3.35. The van der Waals surface area contributed by atoms with Crippen LogP contribution >= 0.6 is 0 Å². The number of aryl methyl sites for hydroxylation is 1. The van der Waals surface area contributed by atoms with E-state index in [0.29, 0.717) is 6.54 Å². The number of carbonyl (C=O) groups excluding carboxylic acids is 1. The van der Waals surface area contributed by atoms with Gasteiger partial charge in [-0.2, -0.15) is 0 Å². The van der Waals surface area contributed by atoms with E-state index in [1.54, 1.807) is 10.9 Å². The monoisotopic (exact) mass is 237 g/mol. The third-order valence-electron chi connectivity index (χ3n) is 3.00. The molecular weight excluding hydrogens is 218 g/mol. The van der Waals surface area contributed by atoms with Crippen molar-refractivity contribution in [2.45, 2.75) is 25.8 Å². The summed E-state index contributed by atoms with van der Waals surface area (Å²) in [4.78, 5) is 11.8. The van der Waals surface area contributed by atoms with Crippen molar-refractivity contribution >= 4 is 5.91 Å². The van der Waals surface area contributed by atoms with Crippen LogP contribution in [0.3, 0.4) is 0 Å². The van der Waals surface area contributed by atoms with Gasteiger partial charge in [0.05, 0.1) is 12.1 Å². The first-order valence-electron chi connectivity index (χ1n) is 6.19. The highest BCUT2D eigenvalue weighted by Crippen LogP contribution is 2.09. The van der Waals surface area contributed by atoms with Crippen LogP contribution in [0.15, 0.2) is 12.4 Å². The first-order chi connectivity index (χ1) is 8.36. The molecule has 17 heavy (non-hydrogen) atoms. The van der Waals surface area contributed by atoms with Gasteiger partial charge in [0.25, 0.3) is 0 Å². The Morgan fingerprint density at radius 1 is 1.59 bits per heavy atom. The quantitative estimate of drug-likeness (QED) is 0.695. The molecular formula is C11H19N5O. The van der Waals surface area contributed by atoms with Crippen molar-refractivity contribution in [3.05, 3.63) is 12.4 Å². The Morgan fingerprint density at radius 2 is 2.53 bits per heavy atom. The molecule has 1 atom stereocenters. The maximum atomic E-state index is 11.8. The topological polar surface area (TPSA) is 71.8 Å².